The van der Waals surface area contributed by atoms with Crippen molar-refractivity contribution in [3.63, 3.8) is 0 Å². The van der Waals surface area contributed by atoms with E-state index in [0.717, 1.165) is 29.7 Å². The maximum absolute atomic E-state index is 13.5. The molecule has 1 atom stereocenters. The fraction of sp³-hybridized carbons (Fsp3) is 0.600. The Morgan fingerprint density at radius 3 is 2.06 bits per heavy atom. The van der Waals surface area contributed by atoms with Crippen LogP contribution in [0.5, 0.6) is 0 Å². The van der Waals surface area contributed by atoms with Crippen LogP contribution in [-0.2, 0) is 22.7 Å². The van der Waals surface area contributed by atoms with Crippen LogP contribution in [0.3, 0.4) is 0 Å². The second-order valence-electron chi connectivity index (χ2n) is 9.67. The summed E-state index contributed by atoms with van der Waals surface area (Å²) in [5.41, 5.74) is 1.11. The van der Waals surface area contributed by atoms with E-state index >= 15 is 0 Å². The molecule has 35 heavy (non-hydrogen) atoms. The van der Waals surface area contributed by atoms with Gasteiger partial charge in [0.2, 0.25) is 11.8 Å². The molecule has 0 saturated carbocycles. The second kappa shape index (κ2) is 17.3. The van der Waals surface area contributed by atoms with Gasteiger partial charge in [-0.15, -0.1) is 11.3 Å². The molecule has 0 aliphatic carbocycles. The van der Waals surface area contributed by atoms with Gasteiger partial charge in [-0.1, -0.05) is 102 Å². The first-order chi connectivity index (χ1) is 17.0. The first-order valence-electron chi connectivity index (χ1n) is 13.7. The zero-order valence-electron chi connectivity index (χ0n) is 22.2. The van der Waals surface area contributed by atoms with Crippen molar-refractivity contribution in [1.29, 1.82) is 0 Å². The molecule has 1 aromatic heterocycles. The van der Waals surface area contributed by atoms with E-state index in [1.165, 1.54) is 44.9 Å². The molecule has 0 aliphatic rings. The van der Waals surface area contributed by atoms with Crippen LogP contribution in [0, 0.1) is 0 Å². The van der Waals surface area contributed by atoms with Crippen LogP contribution >= 0.6 is 11.3 Å². The van der Waals surface area contributed by atoms with Crippen LogP contribution in [0.1, 0.15) is 102 Å². The van der Waals surface area contributed by atoms with Crippen LogP contribution in [0.15, 0.2) is 47.8 Å². The summed E-state index contributed by atoms with van der Waals surface area (Å²) >= 11 is 1.66. The SMILES string of the molecule is CCCCCCCCCCCC(=O)N(CC(=O)N(Cc1ccccc1)Cc1cccs1)C(C)CC. The third-order valence-electron chi connectivity index (χ3n) is 6.74. The summed E-state index contributed by atoms with van der Waals surface area (Å²) in [4.78, 5) is 31.5. The molecule has 0 fully saturated rings. The van der Waals surface area contributed by atoms with Crippen LogP contribution in [-0.4, -0.2) is 34.2 Å². The Morgan fingerprint density at radius 2 is 1.46 bits per heavy atom. The molecular formula is C30H46N2O2S. The van der Waals surface area contributed by atoms with Crippen molar-refractivity contribution < 1.29 is 9.59 Å². The molecule has 5 heteroatoms. The van der Waals surface area contributed by atoms with Crippen molar-refractivity contribution in [2.45, 2.75) is 111 Å². The zero-order chi connectivity index (χ0) is 25.3. The molecule has 2 amide bonds. The number of hydrogen-bond acceptors (Lipinski definition) is 3. The highest BCUT2D eigenvalue weighted by molar-refractivity contribution is 7.09. The summed E-state index contributed by atoms with van der Waals surface area (Å²) in [6.45, 7) is 7.68. The summed E-state index contributed by atoms with van der Waals surface area (Å²) in [6.07, 6.45) is 12.5. The maximum atomic E-state index is 13.5. The van der Waals surface area contributed by atoms with Gasteiger partial charge >= 0.3 is 0 Å². The van der Waals surface area contributed by atoms with E-state index in [1.807, 2.05) is 39.4 Å². The highest BCUT2D eigenvalue weighted by Crippen LogP contribution is 2.17. The van der Waals surface area contributed by atoms with Gasteiger partial charge in [0.15, 0.2) is 0 Å². The molecule has 4 nitrogen and oxygen atoms in total. The van der Waals surface area contributed by atoms with Crippen LogP contribution < -0.4 is 0 Å². The summed E-state index contributed by atoms with van der Waals surface area (Å²) < 4.78 is 0. The monoisotopic (exact) mass is 498 g/mol. The predicted molar refractivity (Wildman–Crippen MR) is 148 cm³/mol. The van der Waals surface area contributed by atoms with Crippen molar-refractivity contribution in [1.82, 2.24) is 9.80 Å². The Balaban J connectivity index is 1.90. The third-order valence-corrected chi connectivity index (χ3v) is 7.60. The van der Waals surface area contributed by atoms with Gasteiger partial charge in [0.25, 0.3) is 0 Å². The summed E-state index contributed by atoms with van der Waals surface area (Å²) in [6, 6.07) is 14.2. The number of benzene rings is 1. The number of nitrogens with zero attached hydrogens (tertiary/aromatic N) is 2. The van der Waals surface area contributed by atoms with Gasteiger partial charge < -0.3 is 9.80 Å². The van der Waals surface area contributed by atoms with E-state index in [9.17, 15) is 9.59 Å². The number of carbonyl (C=O) groups is 2. The second-order valence-corrected chi connectivity index (χ2v) is 10.7. The van der Waals surface area contributed by atoms with Crippen molar-refractivity contribution in [2.24, 2.45) is 0 Å². The molecule has 0 aliphatic heterocycles. The summed E-state index contributed by atoms with van der Waals surface area (Å²) in [5.74, 6) is 0.134. The average Bonchev–Trinajstić information content (AvgIpc) is 3.39. The molecule has 0 N–H and O–H groups in total. The van der Waals surface area contributed by atoms with Gasteiger partial charge in [-0.25, -0.2) is 0 Å². The minimum absolute atomic E-state index is 0.0167. The summed E-state index contributed by atoms with van der Waals surface area (Å²) in [5, 5.41) is 2.04. The highest BCUT2D eigenvalue weighted by Gasteiger charge is 2.25. The third kappa shape index (κ3) is 11.4. The number of amides is 2. The fourth-order valence-corrected chi connectivity index (χ4v) is 5.03. The molecule has 1 aromatic carbocycles. The van der Waals surface area contributed by atoms with Crippen LogP contribution in [0.25, 0.3) is 0 Å². The Morgan fingerprint density at radius 1 is 0.800 bits per heavy atom. The van der Waals surface area contributed by atoms with Gasteiger partial charge in [0.1, 0.15) is 6.54 Å². The lowest BCUT2D eigenvalue weighted by atomic mass is 10.1. The minimum Gasteiger partial charge on any atom is -0.332 e. The minimum atomic E-state index is 0.0167. The van der Waals surface area contributed by atoms with E-state index in [2.05, 4.69) is 39.0 Å². The standard InChI is InChI=1S/C30H46N2O2S/c1-4-6-7-8-9-10-11-12-16-21-29(33)32(26(3)5-2)25-30(34)31(24-28-20-17-22-35-28)23-27-18-14-13-15-19-27/h13-15,17-20,22,26H,4-12,16,21,23-25H2,1-3H3. The van der Waals surface area contributed by atoms with Crippen molar-refractivity contribution in [3.8, 4) is 0 Å². The molecule has 0 saturated heterocycles. The van der Waals surface area contributed by atoms with Crippen molar-refractivity contribution in [3.05, 3.63) is 58.3 Å². The molecule has 1 heterocycles. The van der Waals surface area contributed by atoms with E-state index in [-0.39, 0.29) is 24.4 Å². The quantitative estimate of drug-likeness (QED) is 0.197. The van der Waals surface area contributed by atoms with Gasteiger partial charge in [-0.3, -0.25) is 9.59 Å². The van der Waals surface area contributed by atoms with E-state index in [1.54, 1.807) is 11.3 Å². The molecule has 0 spiro atoms. The number of hydrogen-bond donors (Lipinski definition) is 0. The Labute approximate surface area is 217 Å². The molecular weight excluding hydrogens is 452 g/mol. The van der Waals surface area contributed by atoms with Gasteiger partial charge in [-0.05, 0) is 36.8 Å². The molecule has 2 rings (SSSR count). The number of carbonyl (C=O) groups excluding carboxylic acids is 2. The first kappa shape index (κ1) is 29.1. The molecule has 194 valence electrons. The Hall–Kier alpha value is -2.14. The number of unbranched alkanes of at least 4 members (excludes halogenated alkanes) is 8. The van der Waals surface area contributed by atoms with Crippen LogP contribution in [0.4, 0.5) is 0 Å². The lowest BCUT2D eigenvalue weighted by Gasteiger charge is -2.31. The summed E-state index contributed by atoms with van der Waals surface area (Å²) in [7, 11) is 0. The average molecular weight is 499 g/mol. The van der Waals surface area contributed by atoms with E-state index < -0.39 is 0 Å². The predicted octanol–water partition coefficient (Wildman–Crippen LogP) is 7.82. The maximum Gasteiger partial charge on any atom is 0.242 e. The topological polar surface area (TPSA) is 40.6 Å². The van der Waals surface area contributed by atoms with Crippen LogP contribution in [0.2, 0.25) is 0 Å². The largest absolute Gasteiger partial charge is 0.332 e. The van der Waals surface area contributed by atoms with E-state index in [0.29, 0.717) is 19.5 Å². The smallest absolute Gasteiger partial charge is 0.242 e. The first-order valence-corrected chi connectivity index (χ1v) is 14.6. The highest BCUT2D eigenvalue weighted by atomic mass is 32.1. The van der Waals surface area contributed by atoms with Crippen molar-refractivity contribution >= 4 is 23.2 Å². The Bertz CT molecular complexity index is 822. The normalized spacial score (nSPS) is 11.9. The lowest BCUT2D eigenvalue weighted by Crippen LogP contribution is -2.46. The Kier molecular flexibility index (Phi) is 14.4. The zero-order valence-corrected chi connectivity index (χ0v) is 23.0. The number of rotatable bonds is 18. The van der Waals surface area contributed by atoms with E-state index in [4.69, 9.17) is 0 Å². The lowest BCUT2D eigenvalue weighted by molar-refractivity contribution is -0.143. The van der Waals surface area contributed by atoms with Gasteiger partial charge in [-0.2, -0.15) is 0 Å². The van der Waals surface area contributed by atoms with Crippen molar-refractivity contribution in [2.75, 3.05) is 6.54 Å². The van der Waals surface area contributed by atoms with Gasteiger partial charge in [0, 0.05) is 23.9 Å². The molecule has 0 bridgehead atoms. The molecule has 1 unspecified atom stereocenters. The number of thiophene rings is 1. The van der Waals surface area contributed by atoms with Gasteiger partial charge in [0.05, 0.1) is 6.54 Å². The fourth-order valence-electron chi connectivity index (χ4n) is 4.31. The molecule has 2 aromatic rings. The molecule has 0 radical (unpaired) electrons.